The fourth-order valence-corrected chi connectivity index (χ4v) is 0.676. The van der Waals surface area contributed by atoms with Crippen LogP contribution in [0.5, 0.6) is 0 Å². The third-order valence-electron chi connectivity index (χ3n) is 1.08. The van der Waals surface area contributed by atoms with Crippen molar-refractivity contribution in [3.05, 3.63) is 12.3 Å². The highest BCUT2D eigenvalue weighted by atomic mass is 35.5. The molecule has 0 saturated carbocycles. The average molecular weight is 135 g/mol. The number of halogens is 1. The van der Waals surface area contributed by atoms with Crippen molar-refractivity contribution < 1.29 is 0 Å². The van der Waals surface area contributed by atoms with Crippen molar-refractivity contribution in [2.45, 2.75) is 12.8 Å². The Hall–Kier alpha value is -0.210. The summed E-state index contributed by atoms with van der Waals surface area (Å²) in [6, 6.07) is 0. The number of rotatable bonds is 0. The molecule has 0 spiro atoms. The number of nitrogens with zero attached hydrogens (tertiary/aromatic N) is 1. The Balaban J connectivity index is 0.000000490. The van der Waals surface area contributed by atoms with E-state index in [9.17, 15) is 0 Å². The van der Waals surface area contributed by atoms with E-state index in [4.69, 9.17) is 5.84 Å². The SMILES string of the molecule is Cl.NN1C=CCCC1. The van der Waals surface area contributed by atoms with E-state index in [1.54, 1.807) is 5.01 Å². The second-order valence-corrected chi connectivity index (χ2v) is 1.76. The van der Waals surface area contributed by atoms with Crippen LogP contribution in [-0.2, 0) is 0 Å². The molecule has 0 aromatic carbocycles. The highest BCUT2D eigenvalue weighted by molar-refractivity contribution is 5.85. The van der Waals surface area contributed by atoms with Crippen molar-refractivity contribution in [1.29, 1.82) is 0 Å². The minimum atomic E-state index is 0. The summed E-state index contributed by atoms with van der Waals surface area (Å²) < 4.78 is 0. The third kappa shape index (κ3) is 2.19. The predicted octanol–water partition coefficient (Wildman–Crippen LogP) is 0.891. The highest BCUT2D eigenvalue weighted by Gasteiger charge is 1.94. The third-order valence-corrected chi connectivity index (χ3v) is 1.08. The van der Waals surface area contributed by atoms with E-state index in [1.165, 1.54) is 12.8 Å². The number of hydrogen-bond acceptors (Lipinski definition) is 2. The molecule has 0 atom stereocenters. The molecule has 0 radical (unpaired) electrons. The molecular weight excluding hydrogens is 124 g/mol. The first kappa shape index (κ1) is 7.79. The molecule has 0 bridgehead atoms. The predicted molar refractivity (Wildman–Crippen MR) is 36.5 cm³/mol. The first-order valence-corrected chi connectivity index (χ1v) is 2.57. The van der Waals surface area contributed by atoms with Crippen molar-refractivity contribution in [3.63, 3.8) is 0 Å². The smallest absolute Gasteiger partial charge is 0.0338 e. The second kappa shape index (κ2) is 3.75. The Labute approximate surface area is 55.7 Å². The maximum atomic E-state index is 5.38. The van der Waals surface area contributed by atoms with Gasteiger partial charge in [-0.2, -0.15) is 0 Å². The van der Waals surface area contributed by atoms with Crippen LogP contribution in [0.25, 0.3) is 0 Å². The molecule has 0 aromatic heterocycles. The minimum absolute atomic E-state index is 0. The Morgan fingerprint density at radius 2 is 2.25 bits per heavy atom. The van der Waals surface area contributed by atoms with Gasteiger partial charge < -0.3 is 5.01 Å². The summed E-state index contributed by atoms with van der Waals surface area (Å²) in [6.45, 7) is 1.01. The Kier molecular flexibility index (Phi) is 3.65. The standard InChI is InChI=1S/C5H10N2.ClH/c6-7-4-2-1-3-5-7;/h2,4H,1,3,5-6H2;1H. The van der Waals surface area contributed by atoms with E-state index in [0.29, 0.717) is 0 Å². The Morgan fingerprint density at radius 1 is 1.50 bits per heavy atom. The zero-order valence-corrected chi connectivity index (χ0v) is 5.53. The van der Waals surface area contributed by atoms with E-state index in [0.717, 1.165) is 6.54 Å². The van der Waals surface area contributed by atoms with Crippen LogP contribution in [0.3, 0.4) is 0 Å². The van der Waals surface area contributed by atoms with Gasteiger partial charge in [0.2, 0.25) is 0 Å². The van der Waals surface area contributed by atoms with E-state index in [-0.39, 0.29) is 12.4 Å². The lowest BCUT2D eigenvalue weighted by Crippen LogP contribution is -2.27. The molecule has 48 valence electrons. The number of allylic oxidation sites excluding steroid dienone is 1. The van der Waals surface area contributed by atoms with Gasteiger partial charge in [0.1, 0.15) is 0 Å². The van der Waals surface area contributed by atoms with Crippen molar-refractivity contribution in [2.24, 2.45) is 5.84 Å². The second-order valence-electron chi connectivity index (χ2n) is 1.76. The van der Waals surface area contributed by atoms with Crippen molar-refractivity contribution >= 4 is 12.4 Å². The quantitative estimate of drug-likeness (QED) is 0.499. The maximum Gasteiger partial charge on any atom is 0.0338 e. The molecule has 3 heteroatoms. The molecule has 2 N–H and O–H groups in total. The molecule has 1 heterocycles. The average Bonchev–Trinajstić information content (AvgIpc) is 1.69. The summed E-state index contributed by atoms with van der Waals surface area (Å²) in [5.74, 6) is 5.38. The van der Waals surface area contributed by atoms with Crippen LogP contribution in [0, 0.1) is 0 Å². The molecule has 0 unspecified atom stereocenters. The summed E-state index contributed by atoms with van der Waals surface area (Å²) in [6.07, 6.45) is 6.40. The minimum Gasteiger partial charge on any atom is -0.319 e. The summed E-state index contributed by atoms with van der Waals surface area (Å²) in [5.41, 5.74) is 0. The monoisotopic (exact) mass is 134 g/mol. The maximum absolute atomic E-state index is 5.38. The largest absolute Gasteiger partial charge is 0.319 e. The van der Waals surface area contributed by atoms with Gasteiger partial charge in [-0.25, -0.2) is 5.84 Å². The lowest BCUT2D eigenvalue weighted by atomic mass is 10.2. The van der Waals surface area contributed by atoms with Gasteiger partial charge in [-0.1, -0.05) is 6.08 Å². The Bertz CT molecular complexity index is 82.5. The summed E-state index contributed by atoms with van der Waals surface area (Å²) in [4.78, 5) is 0. The van der Waals surface area contributed by atoms with Crippen LogP contribution in [-0.4, -0.2) is 11.6 Å². The van der Waals surface area contributed by atoms with Crippen molar-refractivity contribution in [1.82, 2.24) is 5.01 Å². The summed E-state index contributed by atoms with van der Waals surface area (Å²) in [5, 5.41) is 1.71. The van der Waals surface area contributed by atoms with Crippen LogP contribution in [0.4, 0.5) is 0 Å². The van der Waals surface area contributed by atoms with E-state index in [1.807, 2.05) is 6.20 Å². The number of nitrogens with two attached hydrogens (primary N) is 1. The normalized spacial score (nSPS) is 17.9. The fourth-order valence-electron chi connectivity index (χ4n) is 0.676. The van der Waals surface area contributed by atoms with Gasteiger partial charge in [0, 0.05) is 12.7 Å². The van der Waals surface area contributed by atoms with E-state index < -0.39 is 0 Å². The van der Waals surface area contributed by atoms with Gasteiger partial charge in [0.25, 0.3) is 0 Å². The van der Waals surface area contributed by atoms with E-state index in [2.05, 4.69) is 6.08 Å². The van der Waals surface area contributed by atoms with Crippen LogP contribution < -0.4 is 5.84 Å². The van der Waals surface area contributed by atoms with Gasteiger partial charge in [0.05, 0.1) is 0 Å². The van der Waals surface area contributed by atoms with Crippen LogP contribution >= 0.6 is 12.4 Å². The van der Waals surface area contributed by atoms with E-state index >= 15 is 0 Å². The lowest BCUT2D eigenvalue weighted by Gasteiger charge is -2.15. The fraction of sp³-hybridized carbons (Fsp3) is 0.600. The van der Waals surface area contributed by atoms with Gasteiger partial charge in [0.15, 0.2) is 0 Å². The first-order chi connectivity index (χ1) is 3.39. The van der Waals surface area contributed by atoms with Crippen LogP contribution in [0.1, 0.15) is 12.8 Å². The molecule has 0 aliphatic carbocycles. The molecule has 0 fully saturated rings. The molecule has 0 saturated heterocycles. The Morgan fingerprint density at radius 3 is 2.50 bits per heavy atom. The molecule has 1 aliphatic rings. The molecule has 1 rings (SSSR count). The van der Waals surface area contributed by atoms with Gasteiger partial charge in [-0.15, -0.1) is 12.4 Å². The molecule has 8 heavy (non-hydrogen) atoms. The first-order valence-electron chi connectivity index (χ1n) is 2.57. The lowest BCUT2D eigenvalue weighted by molar-refractivity contribution is 0.370. The van der Waals surface area contributed by atoms with Crippen LogP contribution in [0.2, 0.25) is 0 Å². The van der Waals surface area contributed by atoms with Gasteiger partial charge in [-0.3, -0.25) is 0 Å². The number of hydrogen-bond donors (Lipinski definition) is 1. The van der Waals surface area contributed by atoms with Crippen molar-refractivity contribution in [3.8, 4) is 0 Å². The highest BCUT2D eigenvalue weighted by Crippen LogP contribution is 1.99. The summed E-state index contributed by atoms with van der Waals surface area (Å²) >= 11 is 0. The molecule has 1 aliphatic heterocycles. The molecular formula is C5H11ClN2. The van der Waals surface area contributed by atoms with Gasteiger partial charge >= 0.3 is 0 Å². The number of hydrazine groups is 1. The van der Waals surface area contributed by atoms with Gasteiger partial charge in [-0.05, 0) is 12.8 Å². The topological polar surface area (TPSA) is 29.3 Å². The molecule has 0 amide bonds. The van der Waals surface area contributed by atoms with Crippen molar-refractivity contribution in [2.75, 3.05) is 6.54 Å². The zero-order valence-electron chi connectivity index (χ0n) is 4.71. The van der Waals surface area contributed by atoms with Crippen LogP contribution in [0.15, 0.2) is 12.3 Å². The molecule has 0 aromatic rings. The zero-order chi connectivity index (χ0) is 5.11. The summed E-state index contributed by atoms with van der Waals surface area (Å²) in [7, 11) is 0. The molecule has 2 nitrogen and oxygen atoms in total.